The van der Waals surface area contributed by atoms with E-state index in [1.54, 1.807) is 22.9 Å². The number of nitrogens with one attached hydrogen (secondary N) is 1. The van der Waals surface area contributed by atoms with Crippen LogP contribution in [0.25, 0.3) is 5.69 Å². The first-order valence-corrected chi connectivity index (χ1v) is 8.71. The molecule has 1 aromatic heterocycles. The van der Waals surface area contributed by atoms with Gasteiger partial charge in [0.25, 0.3) is 0 Å². The second-order valence-electron chi connectivity index (χ2n) is 5.47. The number of halogens is 4. The number of imidazole rings is 1. The van der Waals surface area contributed by atoms with Gasteiger partial charge in [0.1, 0.15) is 5.82 Å². The molecule has 0 atom stereocenters. The van der Waals surface area contributed by atoms with Crippen LogP contribution in [0.4, 0.5) is 23.2 Å². The Balaban J connectivity index is 1.64. The van der Waals surface area contributed by atoms with Gasteiger partial charge in [-0.3, -0.25) is 9.36 Å². The van der Waals surface area contributed by atoms with E-state index in [1.807, 2.05) is 0 Å². The molecule has 0 saturated heterocycles. The maximum atomic E-state index is 13.0. The lowest BCUT2D eigenvalue weighted by Crippen LogP contribution is -2.15. The average molecular weight is 395 g/mol. The van der Waals surface area contributed by atoms with Gasteiger partial charge in [-0.15, -0.1) is 0 Å². The van der Waals surface area contributed by atoms with Gasteiger partial charge in [-0.2, -0.15) is 13.2 Å². The van der Waals surface area contributed by atoms with Crippen molar-refractivity contribution < 1.29 is 22.4 Å². The van der Waals surface area contributed by atoms with Crippen molar-refractivity contribution >= 4 is 23.4 Å². The molecule has 0 unspecified atom stereocenters. The largest absolute Gasteiger partial charge is 0.416 e. The number of thioether (sulfide) groups is 1. The lowest BCUT2D eigenvalue weighted by molar-refractivity contribution is -0.137. The Kier molecular flexibility index (Phi) is 5.50. The molecule has 0 aliphatic carbocycles. The minimum absolute atomic E-state index is 0.0472. The Hall–Kier alpha value is -2.81. The van der Waals surface area contributed by atoms with E-state index in [-0.39, 0.29) is 17.3 Å². The van der Waals surface area contributed by atoms with Crippen molar-refractivity contribution in [1.82, 2.24) is 9.55 Å². The monoisotopic (exact) mass is 395 g/mol. The molecule has 0 radical (unpaired) electrons. The van der Waals surface area contributed by atoms with Crippen LogP contribution in [-0.4, -0.2) is 21.2 Å². The van der Waals surface area contributed by atoms with Gasteiger partial charge < -0.3 is 5.32 Å². The molecule has 0 aliphatic heterocycles. The summed E-state index contributed by atoms with van der Waals surface area (Å²) in [6.07, 6.45) is -1.27. The lowest BCUT2D eigenvalue weighted by Gasteiger charge is -2.10. The molecule has 0 aliphatic rings. The topological polar surface area (TPSA) is 46.9 Å². The van der Waals surface area contributed by atoms with Crippen LogP contribution in [0.1, 0.15) is 5.56 Å². The highest BCUT2D eigenvalue weighted by atomic mass is 32.2. The number of amides is 1. The highest BCUT2D eigenvalue weighted by molar-refractivity contribution is 7.99. The van der Waals surface area contributed by atoms with Crippen LogP contribution in [0.2, 0.25) is 0 Å². The zero-order valence-corrected chi connectivity index (χ0v) is 14.5. The van der Waals surface area contributed by atoms with E-state index >= 15 is 0 Å². The van der Waals surface area contributed by atoms with Gasteiger partial charge in [-0.05, 0) is 42.5 Å². The Labute approximate surface area is 156 Å². The molecule has 0 spiro atoms. The van der Waals surface area contributed by atoms with E-state index in [1.165, 1.54) is 30.5 Å². The molecule has 1 N–H and O–H groups in total. The summed E-state index contributed by atoms with van der Waals surface area (Å²) in [7, 11) is 0. The molecule has 3 rings (SSSR count). The number of carbonyl (C=O) groups is 1. The summed E-state index contributed by atoms with van der Waals surface area (Å²) in [6.45, 7) is 0. The van der Waals surface area contributed by atoms with Crippen molar-refractivity contribution in [1.29, 1.82) is 0 Å². The molecule has 1 heterocycles. The molecular formula is C18H13F4N3OS. The van der Waals surface area contributed by atoms with Crippen LogP contribution in [0, 0.1) is 5.82 Å². The fourth-order valence-electron chi connectivity index (χ4n) is 2.30. The van der Waals surface area contributed by atoms with Gasteiger partial charge in [0.05, 0.1) is 11.3 Å². The van der Waals surface area contributed by atoms with Crippen molar-refractivity contribution in [2.45, 2.75) is 11.3 Å². The number of aromatic nitrogens is 2. The highest BCUT2D eigenvalue weighted by Gasteiger charge is 2.30. The maximum Gasteiger partial charge on any atom is 0.416 e. The summed E-state index contributed by atoms with van der Waals surface area (Å²) in [5.74, 6) is -0.879. The zero-order chi connectivity index (χ0) is 19.4. The Morgan fingerprint density at radius 1 is 1.15 bits per heavy atom. The van der Waals surface area contributed by atoms with Crippen molar-refractivity contribution in [3.8, 4) is 5.69 Å². The molecule has 2 aromatic carbocycles. The van der Waals surface area contributed by atoms with Crippen LogP contribution < -0.4 is 5.32 Å². The zero-order valence-electron chi connectivity index (χ0n) is 13.7. The van der Waals surface area contributed by atoms with Crippen LogP contribution in [0.3, 0.4) is 0 Å². The van der Waals surface area contributed by atoms with Crippen LogP contribution >= 0.6 is 11.8 Å². The summed E-state index contributed by atoms with van der Waals surface area (Å²) in [5, 5.41) is 2.94. The lowest BCUT2D eigenvalue weighted by atomic mass is 10.2. The van der Waals surface area contributed by atoms with E-state index in [4.69, 9.17) is 0 Å². The number of benzene rings is 2. The second-order valence-corrected chi connectivity index (χ2v) is 6.41. The van der Waals surface area contributed by atoms with Gasteiger partial charge in [-0.1, -0.05) is 17.8 Å². The molecule has 1 amide bonds. The first kappa shape index (κ1) is 19.0. The fourth-order valence-corrected chi connectivity index (χ4v) is 3.07. The van der Waals surface area contributed by atoms with Crippen molar-refractivity contribution in [3.63, 3.8) is 0 Å². The molecule has 0 fully saturated rings. The molecule has 0 bridgehead atoms. The first-order valence-electron chi connectivity index (χ1n) is 7.72. The van der Waals surface area contributed by atoms with Gasteiger partial charge in [0.2, 0.25) is 5.91 Å². The van der Waals surface area contributed by atoms with Crippen molar-refractivity contribution in [2.75, 3.05) is 11.1 Å². The fraction of sp³-hybridized carbons (Fsp3) is 0.111. The number of anilines is 1. The van der Waals surface area contributed by atoms with Crippen molar-refractivity contribution in [3.05, 3.63) is 72.3 Å². The number of alkyl halides is 3. The van der Waals surface area contributed by atoms with E-state index in [9.17, 15) is 22.4 Å². The molecule has 27 heavy (non-hydrogen) atoms. The summed E-state index contributed by atoms with van der Waals surface area (Å²) < 4.78 is 52.9. The first-order chi connectivity index (χ1) is 12.8. The Morgan fingerprint density at radius 2 is 1.89 bits per heavy atom. The summed E-state index contributed by atoms with van der Waals surface area (Å²) >= 11 is 1.11. The van der Waals surface area contributed by atoms with Crippen LogP contribution in [0.15, 0.2) is 66.1 Å². The minimum atomic E-state index is -4.48. The van der Waals surface area contributed by atoms with E-state index < -0.39 is 17.6 Å². The highest BCUT2D eigenvalue weighted by Crippen LogP contribution is 2.30. The predicted octanol–water partition coefficient (Wildman–Crippen LogP) is 4.76. The van der Waals surface area contributed by atoms with E-state index in [2.05, 4.69) is 10.3 Å². The summed E-state index contributed by atoms with van der Waals surface area (Å²) in [5.41, 5.74) is -0.0909. The number of carbonyl (C=O) groups excluding carboxylic acids is 1. The minimum Gasteiger partial charge on any atom is -0.325 e. The summed E-state index contributed by atoms with van der Waals surface area (Å²) in [6, 6.07) is 10.2. The molecule has 9 heteroatoms. The Morgan fingerprint density at radius 3 is 2.59 bits per heavy atom. The van der Waals surface area contributed by atoms with Gasteiger partial charge in [0.15, 0.2) is 5.16 Å². The van der Waals surface area contributed by atoms with Gasteiger partial charge >= 0.3 is 6.18 Å². The number of rotatable bonds is 5. The maximum absolute atomic E-state index is 13.0. The third kappa shape index (κ3) is 4.88. The third-order valence-corrected chi connectivity index (χ3v) is 4.48. The smallest absolute Gasteiger partial charge is 0.325 e. The van der Waals surface area contributed by atoms with Crippen LogP contribution in [-0.2, 0) is 11.0 Å². The van der Waals surface area contributed by atoms with E-state index in [0.717, 1.165) is 23.9 Å². The molecular weight excluding hydrogens is 382 g/mol. The molecule has 0 saturated carbocycles. The third-order valence-electron chi connectivity index (χ3n) is 3.52. The summed E-state index contributed by atoms with van der Waals surface area (Å²) in [4.78, 5) is 16.2. The van der Waals surface area contributed by atoms with E-state index in [0.29, 0.717) is 10.8 Å². The van der Waals surface area contributed by atoms with Crippen molar-refractivity contribution in [2.24, 2.45) is 0 Å². The van der Waals surface area contributed by atoms with Crippen LogP contribution in [0.5, 0.6) is 0 Å². The Bertz CT molecular complexity index is 938. The molecule has 140 valence electrons. The molecule has 3 aromatic rings. The second kappa shape index (κ2) is 7.83. The number of hydrogen-bond donors (Lipinski definition) is 1. The molecule has 4 nitrogen and oxygen atoms in total. The number of nitrogens with zero attached hydrogens (tertiary/aromatic N) is 2. The van der Waals surface area contributed by atoms with Gasteiger partial charge in [0, 0.05) is 23.8 Å². The average Bonchev–Trinajstić information content (AvgIpc) is 3.09. The standard InChI is InChI=1S/C18H13F4N3OS/c19-13-4-6-15(7-5-13)25-9-8-23-17(25)27-11-16(26)24-14-3-1-2-12(10-14)18(20,21)22/h1-10H,11H2,(H,24,26). The number of hydrogen-bond acceptors (Lipinski definition) is 3. The predicted molar refractivity (Wildman–Crippen MR) is 94.3 cm³/mol. The van der Waals surface area contributed by atoms with Gasteiger partial charge in [-0.25, -0.2) is 9.37 Å². The quantitative estimate of drug-likeness (QED) is 0.501. The SMILES string of the molecule is O=C(CSc1nccn1-c1ccc(F)cc1)Nc1cccc(C(F)(F)F)c1. The normalized spacial score (nSPS) is 11.4.